The number of aromatic nitrogens is 1. The number of anilines is 3. The highest BCUT2D eigenvalue weighted by atomic mass is 16.2. The lowest BCUT2D eigenvalue weighted by molar-refractivity contribution is -0.117. The van der Waals surface area contributed by atoms with Crippen LogP contribution in [0.1, 0.15) is 12.1 Å². The minimum Gasteiger partial charge on any atom is -0.384 e. The van der Waals surface area contributed by atoms with E-state index in [-0.39, 0.29) is 12.3 Å². The van der Waals surface area contributed by atoms with E-state index in [1.54, 1.807) is 18.2 Å². The van der Waals surface area contributed by atoms with Crippen LogP contribution in [0.3, 0.4) is 0 Å². The fourth-order valence-corrected chi connectivity index (χ4v) is 1.94. The van der Waals surface area contributed by atoms with Gasteiger partial charge in [0.1, 0.15) is 11.5 Å². The minimum absolute atomic E-state index is 0.234. The summed E-state index contributed by atoms with van der Waals surface area (Å²) < 4.78 is 0. The summed E-state index contributed by atoms with van der Waals surface area (Å²) in [4.78, 5) is 18.1. The molecule has 1 unspecified atom stereocenters. The van der Waals surface area contributed by atoms with Gasteiger partial charge in [0.2, 0.25) is 5.91 Å². The Hall–Kier alpha value is -3.04. The summed E-state index contributed by atoms with van der Waals surface area (Å²) in [6, 6.07) is 12.0. The first-order valence-corrected chi connectivity index (χ1v) is 7.51. The number of nitrogens with zero attached hydrogens (tertiary/aromatic N) is 2. The Labute approximate surface area is 141 Å². The average molecular weight is 323 g/mol. The van der Waals surface area contributed by atoms with Crippen LogP contribution in [0, 0.1) is 11.8 Å². The van der Waals surface area contributed by atoms with Crippen molar-refractivity contribution in [2.75, 3.05) is 30.0 Å². The van der Waals surface area contributed by atoms with E-state index in [1.807, 2.05) is 43.3 Å². The van der Waals surface area contributed by atoms with Crippen LogP contribution in [0.15, 0.2) is 42.5 Å². The first-order valence-electron chi connectivity index (χ1n) is 7.51. The van der Waals surface area contributed by atoms with E-state index in [4.69, 9.17) is 11.5 Å². The molecule has 6 nitrogen and oxygen atoms in total. The molecule has 2 rings (SSSR count). The van der Waals surface area contributed by atoms with Crippen LogP contribution < -0.4 is 21.7 Å². The molecule has 1 atom stereocenters. The first kappa shape index (κ1) is 17.3. The predicted octanol–water partition coefficient (Wildman–Crippen LogP) is 1.44. The number of hydrogen-bond acceptors (Lipinski definition) is 5. The number of nitrogens with two attached hydrogens (primary N) is 2. The molecule has 1 amide bonds. The zero-order chi connectivity index (χ0) is 17.5. The zero-order valence-corrected chi connectivity index (χ0v) is 13.8. The third-order valence-electron chi connectivity index (χ3n) is 3.30. The van der Waals surface area contributed by atoms with E-state index in [9.17, 15) is 4.79 Å². The van der Waals surface area contributed by atoms with E-state index in [1.165, 1.54) is 0 Å². The van der Waals surface area contributed by atoms with Gasteiger partial charge in [-0.15, -0.1) is 0 Å². The highest BCUT2D eigenvalue weighted by Crippen LogP contribution is 2.15. The van der Waals surface area contributed by atoms with Crippen molar-refractivity contribution in [3.05, 3.63) is 48.2 Å². The van der Waals surface area contributed by atoms with Gasteiger partial charge in [0.25, 0.3) is 0 Å². The van der Waals surface area contributed by atoms with Crippen LogP contribution in [-0.4, -0.2) is 31.0 Å². The Bertz CT molecular complexity index is 759. The van der Waals surface area contributed by atoms with Crippen LogP contribution >= 0.6 is 0 Å². The summed E-state index contributed by atoms with van der Waals surface area (Å²) >= 11 is 0. The quantitative estimate of drug-likeness (QED) is 0.740. The molecule has 0 bridgehead atoms. The van der Waals surface area contributed by atoms with Gasteiger partial charge in [0.05, 0.1) is 6.04 Å². The molecule has 1 aromatic heterocycles. The third-order valence-corrected chi connectivity index (χ3v) is 3.30. The van der Waals surface area contributed by atoms with Gasteiger partial charge in [-0.25, -0.2) is 4.98 Å². The van der Waals surface area contributed by atoms with Crippen LogP contribution in [0.4, 0.5) is 17.2 Å². The van der Waals surface area contributed by atoms with E-state index in [0.29, 0.717) is 17.2 Å². The molecule has 0 radical (unpaired) electrons. The number of rotatable bonds is 4. The Morgan fingerprint density at radius 3 is 2.58 bits per heavy atom. The molecule has 0 aliphatic rings. The molecule has 0 saturated heterocycles. The maximum absolute atomic E-state index is 12.1. The highest BCUT2D eigenvalue weighted by Gasteiger charge is 2.12. The summed E-state index contributed by atoms with van der Waals surface area (Å²) in [6.45, 7) is 0. The molecular weight excluding hydrogens is 302 g/mol. The van der Waals surface area contributed by atoms with Crippen molar-refractivity contribution in [1.29, 1.82) is 0 Å². The molecule has 0 saturated carbocycles. The van der Waals surface area contributed by atoms with Gasteiger partial charge < -0.3 is 21.7 Å². The summed E-state index contributed by atoms with van der Waals surface area (Å²) in [7, 11) is 3.91. The van der Waals surface area contributed by atoms with Crippen molar-refractivity contribution in [3.8, 4) is 11.8 Å². The van der Waals surface area contributed by atoms with Crippen LogP contribution in [0.5, 0.6) is 0 Å². The molecule has 0 spiro atoms. The summed E-state index contributed by atoms with van der Waals surface area (Å²) in [5.41, 5.74) is 13.8. The first-order chi connectivity index (χ1) is 11.5. The minimum atomic E-state index is -0.716. The lowest BCUT2D eigenvalue weighted by atomic mass is 10.2. The van der Waals surface area contributed by atoms with Crippen molar-refractivity contribution in [3.63, 3.8) is 0 Å². The topological polar surface area (TPSA) is 97.3 Å². The predicted molar refractivity (Wildman–Crippen MR) is 97.5 cm³/mol. The Morgan fingerprint density at radius 1 is 1.25 bits per heavy atom. The normalized spacial score (nSPS) is 11.1. The smallest absolute Gasteiger partial charge is 0.242 e. The fourth-order valence-electron chi connectivity index (χ4n) is 1.94. The Kier molecular flexibility index (Phi) is 5.77. The molecule has 0 fully saturated rings. The van der Waals surface area contributed by atoms with Gasteiger partial charge in [-0.3, -0.25) is 4.79 Å². The van der Waals surface area contributed by atoms with Crippen molar-refractivity contribution >= 4 is 23.1 Å². The van der Waals surface area contributed by atoms with Gasteiger partial charge in [0, 0.05) is 31.9 Å². The molecule has 0 aliphatic heterocycles. The van der Waals surface area contributed by atoms with E-state index in [2.05, 4.69) is 22.1 Å². The van der Waals surface area contributed by atoms with Crippen molar-refractivity contribution in [2.24, 2.45) is 5.73 Å². The maximum Gasteiger partial charge on any atom is 0.242 e. The molecule has 6 heteroatoms. The van der Waals surface area contributed by atoms with Crippen molar-refractivity contribution in [1.82, 2.24) is 4.98 Å². The molecule has 5 N–H and O–H groups in total. The third kappa shape index (κ3) is 5.00. The molecule has 0 aliphatic carbocycles. The Balaban J connectivity index is 1.90. The van der Waals surface area contributed by atoms with Crippen molar-refractivity contribution < 1.29 is 4.79 Å². The van der Waals surface area contributed by atoms with Crippen molar-refractivity contribution in [2.45, 2.75) is 12.5 Å². The number of hydrogen-bond donors (Lipinski definition) is 3. The lowest BCUT2D eigenvalue weighted by Crippen LogP contribution is -2.35. The second kappa shape index (κ2) is 7.99. The molecule has 24 heavy (non-hydrogen) atoms. The number of carbonyl (C=O) groups excluding carboxylic acids is 1. The second-order valence-corrected chi connectivity index (χ2v) is 5.49. The van der Waals surface area contributed by atoms with Gasteiger partial charge in [-0.05, 0) is 42.3 Å². The number of benzene rings is 1. The van der Waals surface area contributed by atoms with E-state index in [0.717, 1.165) is 5.69 Å². The monoisotopic (exact) mass is 323 g/mol. The summed E-state index contributed by atoms with van der Waals surface area (Å²) in [6.07, 6.45) is 0.234. The summed E-state index contributed by atoms with van der Waals surface area (Å²) in [5, 5.41) is 2.78. The van der Waals surface area contributed by atoms with E-state index >= 15 is 0 Å². The summed E-state index contributed by atoms with van der Waals surface area (Å²) in [5.74, 6) is 5.84. The molecular formula is C18H21N5O. The number of amides is 1. The molecule has 1 aromatic carbocycles. The number of nitrogens with one attached hydrogen (secondary N) is 1. The highest BCUT2D eigenvalue weighted by molar-refractivity contribution is 5.95. The van der Waals surface area contributed by atoms with Crippen LogP contribution in [0.2, 0.25) is 0 Å². The zero-order valence-electron chi connectivity index (χ0n) is 13.8. The second-order valence-electron chi connectivity index (χ2n) is 5.49. The van der Waals surface area contributed by atoms with E-state index < -0.39 is 6.04 Å². The molecule has 1 heterocycles. The lowest BCUT2D eigenvalue weighted by Gasteiger charge is -2.14. The number of carbonyl (C=O) groups is 1. The number of nitrogen functional groups attached to an aromatic ring is 1. The largest absolute Gasteiger partial charge is 0.384 e. The van der Waals surface area contributed by atoms with Gasteiger partial charge in [-0.1, -0.05) is 12.0 Å². The number of pyridine rings is 1. The standard InChI is InChI=1S/C18H21N5O/c1-23(2)15-11-9-14(10-12-15)22-18(24)16(19)7-3-5-13-6-4-8-17(20)21-13/h4,6,8-12,16H,7,19H2,1-2H3,(H2,20,21)(H,22,24). The van der Waals surface area contributed by atoms with Crippen LogP contribution in [0.25, 0.3) is 0 Å². The van der Waals surface area contributed by atoms with Gasteiger partial charge in [0.15, 0.2) is 0 Å². The van der Waals surface area contributed by atoms with Crippen LogP contribution in [-0.2, 0) is 4.79 Å². The fraction of sp³-hybridized carbons (Fsp3) is 0.222. The molecule has 124 valence electrons. The van der Waals surface area contributed by atoms with Gasteiger partial charge >= 0.3 is 0 Å². The molecule has 2 aromatic rings. The maximum atomic E-state index is 12.1. The van der Waals surface area contributed by atoms with Gasteiger partial charge in [-0.2, -0.15) is 0 Å². The average Bonchev–Trinajstić information content (AvgIpc) is 2.55. The SMILES string of the molecule is CN(C)c1ccc(NC(=O)C(N)CC#Cc2cccc(N)n2)cc1. The Morgan fingerprint density at radius 2 is 1.96 bits per heavy atom.